The Morgan fingerprint density at radius 2 is 1.08 bits per heavy atom. The number of phosphoric acid groups is 1. The Bertz CT molecular complexity index is 1420. The van der Waals surface area contributed by atoms with Crippen LogP contribution in [0.4, 0.5) is 0 Å². The minimum Gasteiger partial charge on any atom is -0.462 e. The van der Waals surface area contributed by atoms with Gasteiger partial charge in [-0.25, -0.2) is 4.57 Å². The Kier molecular flexibility index (Phi) is 35.0. The molecule has 0 aromatic rings. The Balaban J connectivity index is 2.37. The highest BCUT2D eigenvalue weighted by molar-refractivity contribution is 7.47. The van der Waals surface area contributed by atoms with Crippen LogP contribution in [0.15, 0.2) is 109 Å². The Labute approximate surface area is 361 Å². The first kappa shape index (κ1) is 54.6. The van der Waals surface area contributed by atoms with E-state index in [-0.39, 0.29) is 31.7 Å². The van der Waals surface area contributed by atoms with Crippen LogP contribution < -0.4 is 0 Å². The monoisotopic (exact) mass is 859 g/mol. The number of unbranched alkanes of at least 4 members (excludes halogenated alkanes) is 4. The molecular weight excluding hydrogens is 783 g/mol. The molecule has 0 aromatic heterocycles. The van der Waals surface area contributed by atoms with E-state index in [0.717, 1.165) is 57.8 Å². The molecule has 1 fully saturated rings. The van der Waals surface area contributed by atoms with E-state index >= 15 is 0 Å². The van der Waals surface area contributed by atoms with Crippen molar-refractivity contribution in [3.63, 3.8) is 0 Å². The van der Waals surface area contributed by atoms with Gasteiger partial charge >= 0.3 is 19.8 Å². The van der Waals surface area contributed by atoms with Crippen LogP contribution in [0.5, 0.6) is 0 Å². The van der Waals surface area contributed by atoms with Crippen molar-refractivity contribution >= 4 is 19.8 Å². The lowest BCUT2D eigenvalue weighted by Crippen LogP contribution is -2.29. The standard InChI is InChI=1S/C48H75O11P/c1-3-5-7-9-11-13-14-15-16-17-18-19-20-21-22-24-26-28-34-38-48(52)58-44(42-57-60(53,54)56-40-43(50)39-49)41-55-47(51)37-33-30-29-32-36-46-45(59-46)35-31-27-25-23-12-10-8-6-4-2/h5,7,11-13,15-16,18-19,21-23,26-29,31-32,43-46,49-50H,3-4,6,8-10,14,17,20,24-25,30,33-42H2,1-2H3,(H,53,54)/b7-5-,13-11-,16-15-,19-18-,22-21-,23-12-,28-26-,31-27-,32-29-/t43-,44+,45?,46?/m0/s1. The van der Waals surface area contributed by atoms with Crippen molar-refractivity contribution in [3.8, 4) is 0 Å². The molecule has 0 aromatic carbocycles. The van der Waals surface area contributed by atoms with Gasteiger partial charge in [-0.15, -0.1) is 0 Å². The summed E-state index contributed by atoms with van der Waals surface area (Å²) in [5.74, 6) is -1.11. The maximum Gasteiger partial charge on any atom is 0.472 e. The van der Waals surface area contributed by atoms with Crippen molar-refractivity contribution in [2.45, 2.75) is 154 Å². The average Bonchev–Trinajstić information content (AvgIpc) is 4.00. The molecule has 60 heavy (non-hydrogen) atoms. The number of hydrogen-bond acceptors (Lipinski definition) is 10. The van der Waals surface area contributed by atoms with Crippen LogP contribution in [0, 0.1) is 0 Å². The van der Waals surface area contributed by atoms with E-state index in [4.69, 9.17) is 23.8 Å². The molecule has 3 N–H and O–H groups in total. The number of esters is 2. The molecule has 1 rings (SSSR count). The molecule has 1 heterocycles. The SMILES string of the molecule is CC/C=C\C/C=C\C/C=C\C/C=C\C/C=C\C/C=C\CCC(=O)O[C@H](COC(=O)CCC/C=C\CC1OC1C/C=C\C/C=C\CCCCC)COP(=O)(O)OC[C@@H](O)CO. The molecule has 0 spiro atoms. The average molecular weight is 859 g/mol. The number of phosphoric ester groups is 1. The number of aliphatic hydroxyl groups is 2. The number of rotatable bonds is 38. The molecule has 1 saturated heterocycles. The summed E-state index contributed by atoms with van der Waals surface area (Å²) in [7, 11) is -4.67. The fourth-order valence-electron chi connectivity index (χ4n) is 5.35. The van der Waals surface area contributed by atoms with E-state index in [1.165, 1.54) is 19.3 Å². The second kappa shape index (κ2) is 38.5. The first-order valence-corrected chi connectivity index (χ1v) is 23.5. The van der Waals surface area contributed by atoms with Gasteiger partial charge in [0.15, 0.2) is 6.10 Å². The molecule has 1 aliphatic heterocycles. The van der Waals surface area contributed by atoms with Crippen molar-refractivity contribution in [2.75, 3.05) is 26.4 Å². The van der Waals surface area contributed by atoms with E-state index in [9.17, 15) is 24.2 Å². The Hall–Kier alpha value is -3.41. The summed E-state index contributed by atoms with van der Waals surface area (Å²) >= 11 is 0. The number of allylic oxidation sites excluding steroid dienone is 16. The van der Waals surface area contributed by atoms with Crippen molar-refractivity contribution in [1.82, 2.24) is 0 Å². The van der Waals surface area contributed by atoms with Gasteiger partial charge in [0, 0.05) is 12.8 Å². The minimum absolute atomic E-state index is 0.0368. The predicted octanol–water partition coefficient (Wildman–Crippen LogP) is 10.8. The molecule has 0 amide bonds. The number of ether oxygens (including phenoxy) is 3. The predicted molar refractivity (Wildman–Crippen MR) is 241 cm³/mol. The van der Waals surface area contributed by atoms with Gasteiger partial charge in [0.1, 0.15) is 12.7 Å². The third kappa shape index (κ3) is 35.4. The van der Waals surface area contributed by atoms with Crippen molar-refractivity contribution < 1.29 is 52.5 Å². The largest absolute Gasteiger partial charge is 0.472 e. The first-order valence-electron chi connectivity index (χ1n) is 22.0. The molecule has 1 aliphatic rings. The van der Waals surface area contributed by atoms with Crippen molar-refractivity contribution in [1.29, 1.82) is 0 Å². The summed E-state index contributed by atoms with van der Waals surface area (Å²) in [6.45, 7) is 2.04. The highest BCUT2D eigenvalue weighted by atomic mass is 31.2. The third-order valence-electron chi connectivity index (χ3n) is 8.83. The molecule has 5 atom stereocenters. The zero-order chi connectivity index (χ0) is 43.8. The molecule has 0 aliphatic carbocycles. The zero-order valence-corrected chi connectivity index (χ0v) is 37.2. The van der Waals surface area contributed by atoms with Gasteiger partial charge in [0.2, 0.25) is 0 Å². The first-order chi connectivity index (χ1) is 29.2. The molecule has 3 unspecified atom stereocenters. The van der Waals surface area contributed by atoms with Gasteiger partial charge < -0.3 is 29.3 Å². The normalized spacial score (nSPS) is 18.2. The molecule has 12 heteroatoms. The summed E-state index contributed by atoms with van der Waals surface area (Å²) in [6.07, 6.45) is 51.0. The maximum absolute atomic E-state index is 12.6. The molecule has 11 nitrogen and oxygen atoms in total. The third-order valence-corrected chi connectivity index (χ3v) is 9.78. The number of carbonyl (C=O) groups excluding carboxylic acids is 2. The summed E-state index contributed by atoms with van der Waals surface area (Å²) in [5, 5.41) is 18.3. The molecule has 0 saturated carbocycles. The van der Waals surface area contributed by atoms with Crippen LogP contribution in [0.1, 0.15) is 129 Å². The quantitative estimate of drug-likeness (QED) is 0.0178. The summed E-state index contributed by atoms with van der Waals surface area (Å²) in [6, 6.07) is 0. The van der Waals surface area contributed by atoms with Gasteiger partial charge in [0.05, 0.1) is 32.0 Å². The summed E-state index contributed by atoms with van der Waals surface area (Å²) in [5.41, 5.74) is 0. The van der Waals surface area contributed by atoms with Crippen LogP contribution in [-0.4, -0.2) is 77.9 Å². The lowest BCUT2D eigenvalue weighted by molar-refractivity contribution is -0.161. The second-order valence-electron chi connectivity index (χ2n) is 14.4. The molecule has 338 valence electrons. The van der Waals surface area contributed by atoms with E-state index in [1.54, 1.807) is 0 Å². The molecule has 0 radical (unpaired) electrons. The number of carbonyl (C=O) groups is 2. The van der Waals surface area contributed by atoms with E-state index in [0.29, 0.717) is 25.7 Å². The molecular formula is C48H75O11P. The number of aliphatic hydroxyl groups excluding tert-OH is 2. The smallest absolute Gasteiger partial charge is 0.462 e. The lowest BCUT2D eigenvalue weighted by atomic mass is 10.1. The Morgan fingerprint density at radius 3 is 1.65 bits per heavy atom. The van der Waals surface area contributed by atoms with Crippen LogP contribution in [0.25, 0.3) is 0 Å². The summed E-state index contributed by atoms with van der Waals surface area (Å²) < 4.78 is 38.4. The summed E-state index contributed by atoms with van der Waals surface area (Å²) in [4.78, 5) is 35.0. The van der Waals surface area contributed by atoms with Gasteiger partial charge in [-0.3, -0.25) is 18.6 Å². The van der Waals surface area contributed by atoms with Gasteiger partial charge in [-0.1, -0.05) is 136 Å². The van der Waals surface area contributed by atoms with Crippen molar-refractivity contribution in [2.24, 2.45) is 0 Å². The van der Waals surface area contributed by atoms with E-state index in [1.807, 2.05) is 24.3 Å². The number of epoxide rings is 1. The number of hydrogen-bond donors (Lipinski definition) is 3. The highest BCUT2D eigenvalue weighted by Crippen LogP contribution is 2.43. The van der Waals surface area contributed by atoms with E-state index < -0.39 is 51.8 Å². The highest BCUT2D eigenvalue weighted by Gasteiger charge is 2.36. The lowest BCUT2D eigenvalue weighted by Gasteiger charge is -2.20. The van der Waals surface area contributed by atoms with Crippen molar-refractivity contribution in [3.05, 3.63) is 109 Å². The topological polar surface area (TPSA) is 161 Å². The van der Waals surface area contributed by atoms with Crippen LogP contribution >= 0.6 is 7.82 Å². The second-order valence-corrected chi connectivity index (χ2v) is 15.8. The van der Waals surface area contributed by atoms with Crippen LogP contribution in [-0.2, 0) is 37.4 Å². The van der Waals surface area contributed by atoms with Crippen LogP contribution in [0.2, 0.25) is 0 Å². The fourth-order valence-corrected chi connectivity index (χ4v) is 6.13. The van der Waals surface area contributed by atoms with Gasteiger partial charge in [0.25, 0.3) is 0 Å². The maximum atomic E-state index is 12.6. The van der Waals surface area contributed by atoms with Gasteiger partial charge in [-0.05, 0) is 89.9 Å². The van der Waals surface area contributed by atoms with Crippen LogP contribution in [0.3, 0.4) is 0 Å². The minimum atomic E-state index is -4.67. The zero-order valence-electron chi connectivity index (χ0n) is 36.3. The Morgan fingerprint density at radius 1 is 0.600 bits per heavy atom. The van der Waals surface area contributed by atoms with E-state index in [2.05, 4.69) is 103 Å². The molecule has 0 bridgehead atoms. The fraction of sp³-hybridized carbons (Fsp3) is 0.583. The van der Waals surface area contributed by atoms with Gasteiger partial charge in [-0.2, -0.15) is 0 Å².